The summed E-state index contributed by atoms with van der Waals surface area (Å²) in [7, 11) is 0. The molecule has 6 nitrogen and oxygen atoms in total. The van der Waals surface area contributed by atoms with Crippen molar-refractivity contribution in [3.63, 3.8) is 0 Å². The van der Waals surface area contributed by atoms with E-state index in [9.17, 15) is 4.79 Å². The number of amides is 1. The van der Waals surface area contributed by atoms with Crippen molar-refractivity contribution in [2.24, 2.45) is 11.8 Å². The number of rotatable bonds is 5. The summed E-state index contributed by atoms with van der Waals surface area (Å²) < 4.78 is 5.98. The molecule has 0 aromatic carbocycles. The third kappa shape index (κ3) is 3.70. The van der Waals surface area contributed by atoms with Crippen LogP contribution in [0.5, 0.6) is 0 Å². The Morgan fingerprint density at radius 2 is 2.08 bits per heavy atom. The van der Waals surface area contributed by atoms with Gasteiger partial charge in [0.2, 0.25) is 0 Å². The van der Waals surface area contributed by atoms with Gasteiger partial charge < -0.3 is 10.1 Å². The summed E-state index contributed by atoms with van der Waals surface area (Å²) in [6, 6.07) is 7.54. The molecule has 2 aromatic rings. The highest BCUT2D eigenvalue weighted by Gasteiger charge is 2.43. The molecule has 0 spiro atoms. The van der Waals surface area contributed by atoms with Crippen LogP contribution >= 0.6 is 0 Å². The van der Waals surface area contributed by atoms with Crippen molar-refractivity contribution in [1.82, 2.24) is 20.2 Å². The summed E-state index contributed by atoms with van der Waals surface area (Å²) in [5.74, 6) is 0.806. The van der Waals surface area contributed by atoms with E-state index in [1.807, 2.05) is 12.3 Å². The van der Waals surface area contributed by atoms with Gasteiger partial charge in [-0.1, -0.05) is 6.07 Å². The van der Waals surface area contributed by atoms with Crippen molar-refractivity contribution in [1.29, 1.82) is 0 Å². The molecule has 0 unspecified atom stereocenters. The van der Waals surface area contributed by atoms with Crippen LogP contribution in [0.4, 0.5) is 0 Å². The van der Waals surface area contributed by atoms with E-state index < -0.39 is 0 Å². The lowest BCUT2D eigenvalue weighted by atomic mass is 9.93. The Morgan fingerprint density at radius 3 is 2.88 bits per heavy atom. The van der Waals surface area contributed by atoms with Crippen LogP contribution in [0.25, 0.3) is 0 Å². The Balaban J connectivity index is 1.30. The largest absolute Gasteiger partial charge is 0.376 e. The van der Waals surface area contributed by atoms with Crippen LogP contribution in [-0.4, -0.2) is 53.1 Å². The van der Waals surface area contributed by atoms with Crippen molar-refractivity contribution in [2.45, 2.75) is 12.6 Å². The molecule has 3 atom stereocenters. The second kappa shape index (κ2) is 7.29. The fourth-order valence-corrected chi connectivity index (χ4v) is 3.80. The van der Waals surface area contributed by atoms with Gasteiger partial charge in [-0.2, -0.15) is 0 Å². The van der Waals surface area contributed by atoms with Crippen molar-refractivity contribution in [2.75, 3.05) is 26.2 Å². The molecule has 2 aromatic heterocycles. The molecule has 2 aliphatic heterocycles. The molecule has 2 fully saturated rings. The van der Waals surface area contributed by atoms with Crippen LogP contribution in [0, 0.1) is 11.8 Å². The Kier molecular flexibility index (Phi) is 4.72. The van der Waals surface area contributed by atoms with Crippen molar-refractivity contribution in [3.05, 3.63) is 60.2 Å². The van der Waals surface area contributed by atoms with Gasteiger partial charge in [-0.05, 0) is 23.8 Å². The summed E-state index contributed by atoms with van der Waals surface area (Å²) in [6.07, 6.45) is 7.27. The molecule has 4 rings (SSSR count). The van der Waals surface area contributed by atoms with E-state index in [1.54, 1.807) is 30.7 Å². The molecule has 0 saturated carbocycles. The molecular formula is C19H22N4O2. The molecule has 0 bridgehead atoms. The molecule has 6 heteroatoms. The predicted octanol–water partition coefficient (Wildman–Crippen LogP) is 1.35. The Bertz CT molecular complexity index is 710. The lowest BCUT2D eigenvalue weighted by Gasteiger charge is -2.20. The average molecular weight is 338 g/mol. The fourth-order valence-electron chi connectivity index (χ4n) is 3.80. The van der Waals surface area contributed by atoms with Gasteiger partial charge in [0.05, 0.1) is 12.7 Å². The third-order valence-corrected chi connectivity index (χ3v) is 5.11. The first-order chi connectivity index (χ1) is 12.3. The zero-order valence-electron chi connectivity index (χ0n) is 14.0. The van der Waals surface area contributed by atoms with E-state index in [-0.39, 0.29) is 12.0 Å². The van der Waals surface area contributed by atoms with E-state index in [4.69, 9.17) is 4.74 Å². The number of carbonyl (C=O) groups excluding carboxylic acids is 1. The minimum absolute atomic E-state index is 0.0453. The number of hydrogen-bond donors (Lipinski definition) is 1. The minimum Gasteiger partial charge on any atom is -0.376 e. The number of fused-ring (bicyclic) bond motifs is 1. The van der Waals surface area contributed by atoms with Gasteiger partial charge in [0.15, 0.2) is 0 Å². The maximum absolute atomic E-state index is 12.2. The summed E-state index contributed by atoms with van der Waals surface area (Å²) in [5, 5.41) is 3.04. The summed E-state index contributed by atoms with van der Waals surface area (Å²) >= 11 is 0. The second-order valence-electron chi connectivity index (χ2n) is 6.80. The van der Waals surface area contributed by atoms with E-state index in [0.29, 0.717) is 23.9 Å². The lowest BCUT2D eigenvalue weighted by Crippen LogP contribution is -2.34. The second-order valence-corrected chi connectivity index (χ2v) is 6.80. The highest BCUT2D eigenvalue weighted by atomic mass is 16.5. The smallest absolute Gasteiger partial charge is 0.251 e. The van der Waals surface area contributed by atoms with E-state index >= 15 is 0 Å². The van der Waals surface area contributed by atoms with Crippen molar-refractivity contribution < 1.29 is 9.53 Å². The van der Waals surface area contributed by atoms with Gasteiger partial charge in [-0.15, -0.1) is 0 Å². The standard InChI is InChI=1S/C19H22N4O2/c24-19(15-3-6-20-7-4-15)22-9-16-13-25-18-12-23(11-17(16)18)10-14-2-1-5-21-8-14/h1-8,16-18H,9-13H2,(H,22,24)/t16-,17-,18-/m1/s1. The normalized spacial score (nSPS) is 25.7. The number of aromatic nitrogens is 2. The number of nitrogens with one attached hydrogen (secondary N) is 1. The molecule has 1 N–H and O–H groups in total. The molecule has 2 aliphatic rings. The Labute approximate surface area is 147 Å². The third-order valence-electron chi connectivity index (χ3n) is 5.11. The molecule has 0 radical (unpaired) electrons. The van der Waals surface area contributed by atoms with E-state index in [1.165, 1.54) is 5.56 Å². The minimum atomic E-state index is -0.0453. The van der Waals surface area contributed by atoms with Gasteiger partial charge >= 0.3 is 0 Å². The van der Waals surface area contributed by atoms with Gasteiger partial charge in [-0.25, -0.2) is 0 Å². The van der Waals surface area contributed by atoms with Crippen LogP contribution in [0.2, 0.25) is 0 Å². The van der Waals surface area contributed by atoms with E-state index in [2.05, 4.69) is 26.3 Å². The van der Waals surface area contributed by atoms with Crippen molar-refractivity contribution in [3.8, 4) is 0 Å². The van der Waals surface area contributed by atoms with Crippen LogP contribution in [0.15, 0.2) is 49.1 Å². The molecule has 1 amide bonds. The average Bonchev–Trinajstić information content (AvgIpc) is 3.22. The molecule has 130 valence electrons. The molecule has 4 heterocycles. The highest BCUT2D eigenvalue weighted by Crippen LogP contribution is 2.33. The van der Waals surface area contributed by atoms with Crippen molar-refractivity contribution >= 4 is 5.91 Å². The predicted molar refractivity (Wildman–Crippen MR) is 92.8 cm³/mol. The molecule has 2 saturated heterocycles. The first kappa shape index (κ1) is 16.2. The zero-order valence-corrected chi connectivity index (χ0v) is 14.0. The van der Waals surface area contributed by atoms with Crippen LogP contribution in [-0.2, 0) is 11.3 Å². The molecule has 0 aliphatic carbocycles. The number of hydrogen-bond acceptors (Lipinski definition) is 5. The van der Waals surface area contributed by atoms with Gasteiger partial charge in [0, 0.05) is 68.4 Å². The summed E-state index contributed by atoms with van der Waals surface area (Å²) in [5.41, 5.74) is 1.88. The molecule has 25 heavy (non-hydrogen) atoms. The number of likely N-dealkylation sites (tertiary alicyclic amines) is 1. The first-order valence-corrected chi connectivity index (χ1v) is 8.70. The van der Waals surface area contributed by atoms with Crippen LogP contribution < -0.4 is 5.32 Å². The lowest BCUT2D eigenvalue weighted by molar-refractivity contribution is 0.0903. The Hall–Kier alpha value is -2.31. The zero-order chi connectivity index (χ0) is 17.1. The van der Waals surface area contributed by atoms with Gasteiger partial charge in [0.1, 0.15) is 0 Å². The monoisotopic (exact) mass is 338 g/mol. The maximum atomic E-state index is 12.2. The summed E-state index contributed by atoms with van der Waals surface area (Å²) in [6.45, 7) is 4.25. The molecular weight excluding hydrogens is 316 g/mol. The highest BCUT2D eigenvalue weighted by molar-refractivity contribution is 5.93. The van der Waals surface area contributed by atoms with Crippen LogP contribution in [0.1, 0.15) is 15.9 Å². The number of carbonyl (C=O) groups is 1. The Morgan fingerprint density at radius 1 is 1.20 bits per heavy atom. The van der Waals surface area contributed by atoms with Crippen LogP contribution in [0.3, 0.4) is 0 Å². The quantitative estimate of drug-likeness (QED) is 0.891. The topological polar surface area (TPSA) is 67.3 Å². The first-order valence-electron chi connectivity index (χ1n) is 8.70. The maximum Gasteiger partial charge on any atom is 0.251 e. The summed E-state index contributed by atoms with van der Waals surface area (Å²) in [4.78, 5) is 22.7. The number of pyridine rings is 2. The van der Waals surface area contributed by atoms with Gasteiger partial charge in [0.25, 0.3) is 5.91 Å². The fraction of sp³-hybridized carbons (Fsp3) is 0.421. The number of nitrogens with zero attached hydrogens (tertiary/aromatic N) is 3. The SMILES string of the molecule is O=C(NC[C@@H]1CO[C@@H]2CN(Cc3cccnc3)C[C@H]12)c1ccncc1. The van der Waals surface area contributed by atoms with E-state index in [0.717, 1.165) is 26.2 Å². The number of ether oxygens (including phenoxy) is 1. The van der Waals surface area contributed by atoms with Gasteiger partial charge in [-0.3, -0.25) is 19.7 Å².